The number of amides is 2. The number of hydrogen-bond acceptors (Lipinski definition) is 5. The number of nitrogens with one attached hydrogen (secondary N) is 2. The molecule has 2 heterocycles. The SMILES string of the molecule is O=C(NCCNC(=O)c1cc(-c2cccnc2)nc2ccccc12)c1ccccc1O. The summed E-state index contributed by atoms with van der Waals surface area (Å²) in [5.41, 5.74) is 2.87. The number of para-hydroxylation sites is 2. The minimum Gasteiger partial charge on any atom is -0.507 e. The first-order valence-corrected chi connectivity index (χ1v) is 9.78. The van der Waals surface area contributed by atoms with E-state index < -0.39 is 5.91 Å². The van der Waals surface area contributed by atoms with Crippen molar-refractivity contribution in [3.05, 3.63) is 90.3 Å². The second-order valence-electron chi connectivity index (χ2n) is 6.84. The lowest BCUT2D eigenvalue weighted by Gasteiger charge is -2.11. The van der Waals surface area contributed by atoms with Crippen LogP contribution < -0.4 is 10.6 Å². The quantitative estimate of drug-likeness (QED) is 0.422. The van der Waals surface area contributed by atoms with Gasteiger partial charge in [-0.15, -0.1) is 0 Å². The summed E-state index contributed by atoms with van der Waals surface area (Å²) >= 11 is 0. The second kappa shape index (κ2) is 9.04. The van der Waals surface area contributed by atoms with E-state index in [1.165, 1.54) is 12.1 Å². The molecule has 2 amide bonds. The lowest BCUT2D eigenvalue weighted by molar-refractivity contribution is 0.0927. The fourth-order valence-electron chi connectivity index (χ4n) is 3.23. The lowest BCUT2D eigenvalue weighted by Crippen LogP contribution is -2.34. The van der Waals surface area contributed by atoms with Crippen molar-refractivity contribution >= 4 is 22.7 Å². The molecule has 154 valence electrons. The topological polar surface area (TPSA) is 104 Å². The maximum atomic E-state index is 12.9. The molecule has 0 radical (unpaired) electrons. The van der Waals surface area contributed by atoms with Gasteiger partial charge in [-0.1, -0.05) is 30.3 Å². The molecule has 0 spiro atoms. The monoisotopic (exact) mass is 412 g/mol. The summed E-state index contributed by atoms with van der Waals surface area (Å²) in [7, 11) is 0. The third kappa shape index (κ3) is 4.51. The molecule has 7 nitrogen and oxygen atoms in total. The van der Waals surface area contributed by atoms with Crippen LogP contribution in [0.4, 0.5) is 0 Å². The number of rotatable bonds is 6. The Balaban J connectivity index is 1.47. The van der Waals surface area contributed by atoms with Gasteiger partial charge in [0.25, 0.3) is 11.8 Å². The highest BCUT2D eigenvalue weighted by molar-refractivity contribution is 6.07. The van der Waals surface area contributed by atoms with E-state index in [0.717, 1.165) is 10.9 Å². The Morgan fingerprint density at radius 3 is 2.29 bits per heavy atom. The van der Waals surface area contributed by atoms with Crippen LogP contribution in [-0.4, -0.2) is 40.0 Å². The Labute approximate surface area is 178 Å². The van der Waals surface area contributed by atoms with Gasteiger partial charge in [-0.05, 0) is 36.4 Å². The number of aromatic nitrogens is 2. The van der Waals surface area contributed by atoms with Gasteiger partial charge in [-0.25, -0.2) is 4.98 Å². The van der Waals surface area contributed by atoms with Crippen LogP contribution in [0.5, 0.6) is 5.75 Å². The summed E-state index contributed by atoms with van der Waals surface area (Å²) in [4.78, 5) is 33.8. The van der Waals surface area contributed by atoms with Crippen molar-refractivity contribution < 1.29 is 14.7 Å². The Hall–Kier alpha value is -4.26. The molecule has 0 fully saturated rings. The number of pyridine rings is 2. The summed E-state index contributed by atoms with van der Waals surface area (Å²) in [5.74, 6) is -0.753. The maximum Gasteiger partial charge on any atom is 0.255 e. The summed E-state index contributed by atoms with van der Waals surface area (Å²) < 4.78 is 0. The normalized spacial score (nSPS) is 10.6. The molecular weight excluding hydrogens is 392 g/mol. The molecule has 0 aliphatic rings. The summed E-state index contributed by atoms with van der Waals surface area (Å²) in [6.07, 6.45) is 3.38. The smallest absolute Gasteiger partial charge is 0.255 e. The number of aromatic hydroxyl groups is 1. The van der Waals surface area contributed by atoms with Crippen molar-refractivity contribution in [3.63, 3.8) is 0 Å². The number of fused-ring (bicyclic) bond motifs is 1. The number of hydrogen-bond donors (Lipinski definition) is 3. The number of phenols is 1. The van der Waals surface area contributed by atoms with Crippen LogP contribution in [0.1, 0.15) is 20.7 Å². The molecule has 0 aliphatic heterocycles. The number of benzene rings is 2. The van der Waals surface area contributed by atoms with Crippen LogP contribution in [0.15, 0.2) is 79.1 Å². The van der Waals surface area contributed by atoms with E-state index in [9.17, 15) is 14.7 Å². The third-order valence-corrected chi connectivity index (χ3v) is 4.76. The largest absolute Gasteiger partial charge is 0.507 e. The standard InChI is InChI=1S/C24H20N4O3/c29-22-10-4-2-8-18(22)23(30)26-12-13-27-24(31)19-14-21(16-6-5-11-25-15-16)28-20-9-3-1-7-17(19)20/h1-11,14-15,29H,12-13H2,(H,26,30)(H,27,31). The van der Waals surface area contributed by atoms with Crippen LogP contribution in [-0.2, 0) is 0 Å². The van der Waals surface area contributed by atoms with Crippen molar-refractivity contribution in [3.8, 4) is 17.0 Å². The van der Waals surface area contributed by atoms with Gasteiger partial charge < -0.3 is 15.7 Å². The highest BCUT2D eigenvalue weighted by Gasteiger charge is 2.14. The molecule has 0 aliphatic carbocycles. The molecule has 0 atom stereocenters. The average molecular weight is 412 g/mol. The van der Waals surface area contributed by atoms with Crippen molar-refractivity contribution in [1.29, 1.82) is 0 Å². The Kier molecular flexibility index (Phi) is 5.84. The van der Waals surface area contributed by atoms with Crippen LogP contribution >= 0.6 is 0 Å². The molecular formula is C24H20N4O3. The lowest BCUT2D eigenvalue weighted by atomic mass is 10.0. The Morgan fingerprint density at radius 1 is 0.839 bits per heavy atom. The zero-order chi connectivity index (χ0) is 21.6. The molecule has 0 bridgehead atoms. The van der Waals surface area contributed by atoms with Gasteiger partial charge in [0.2, 0.25) is 0 Å². The molecule has 7 heteroatoms. The van der Waals surface area contributed by atoms with Gasteiger partial charge >= 0.3 is 0 Å². The fraction of sp³-hybridized carbons (Fsp3) is 0.0833. The fourth-order valence-corrected chi connectivity index (χ4v) is 3.23. The summed E-state index contributed by atoms with van der Waals surface area (Å²) in [6.45, 7) is 0.453. The average Bonchev–Trinajstić information content (AvgIpc) is 2.81. The van der Waals surface area contributed by atoms with Gasteiger partial charge in [-0.3, -0.25) is 14.6 Å². The van der Waals surface area contributed by atoms with Crippen LogP contribution in [0.25, 0.3) is 22.2 Å². The zero-order valence-corrected chi connectivity index (χ0v) is 16.6. The minimum atomic E-state index is -0.402. The molecule has 2 aromatic heterocycles. The van der Waals surface area contributed by atoms with E-state index in [-0.39, 0.29) is 30.3 Å². The van der Waals surface area contributed by atoms with E-state index in [4.69, 9.17) is 0 Å². The van der Waals surface area contributed by atoms with Gasteiger partial charge in [0.1, 0.15) is 5.75 Å². The van der Waals surface area contributed by atoms with Gasteiger partial charge in [0.15, 0.2) is 0 Å². The first kappa shape index (κ1) is 20.0. The molecule has 2 aromatic carbocycles. The second-order valence-corrected chi connectivity index (χ2v) is 6.84. The van der Waals surface area contributed by atoms with Crippen molar-refractivity contribution in [2.45, 2.75) is 0 Å². The first-order valence-electron chi connectivity index (χ1n) is 9.78. The number of carbonyl (C=O) groups is 2. The first-order chi connectivity index (χ1) is 15.1. The molecule has 4 aromatic rings. The number of nitrogens with zero attached hydrogens (tertiary/aromatic N) is 2. The van der Waals surface area contributed by atoms with Gasteiger partial charge in [0.05, 0.1) is 22.3 Å². The molecule has 0 saturated carbocycles. The number of carbonyl (C=O) groups excluding carboxylic acids is 2. The van der Waals surface area contributed by atoms with E-state index >= 15 is 0 Å². The highest BCUT2D eigenvalue weighted by Crippen LogP contribution is 2.24. The molecule has 31 heavy (non-hydrogen) atoms. The van der Waals surface area contributed by atoms with E-state index in [1.54, 1.807) is 30.6 Å². The maximum absolute atomic E-state index is 12.9. The third-order valence-electron chi connectivity index (χ3n) is 4.76. The predicted molar refractivity (Wildman–Crippen MR) is 118 cm³/mol. The van der Waals surface area contributed by atoms with Crippen molar-refractivity contribution in [2.75, 3.05) is 13.1 Å². The highest BCUT2D eigenvalue weighted by atomic mass is 16.3. The zero-order valence-electron chi connectivity index (χ0n) is 16.6. The molecule has 3 N–H and O–H groups in total. The van der Waals surface area contributed by atoms with Crippen molar-refractivity contribution in [1.82, 2.24) is 20.6 Å². The Morgan fingerprint density at radius 2 is 1.55 bits per heavy atom. The van der Waals surface area contributed by atoms with Crippen LogP contribution in [0.3, 0.4) is 0 Å². The van der Waals surface area contributed by atoms with Crippen molar-refractivity contribution in [2.24, 2.45) is 0 Å². The number of phenolic OH excluding ortho intramolecular Hbond substituents is 1. The van der Waals surface area contributed by atoms with Crippen LogP contribution in [0, 0.1) is 0 Å². The Bertz CT molecular complexity index is 1240. The minimum absolute atomic E-state index is 0.0878. The molecule has 0 unspecified atom stereocenters. The summed E-state index contributed by atoms with van der Waals surface area (Å²) in [5, 5.41) is 16.0. The van der Waals surface area contributed by atoms with E-state index in [0.29, 0.717) is 16.8 Å². The van der Waals surface area contributed by atoms with E-state index in [1.807, 2.05) is 36.4 Å². The van der Waals surface area contributed by atoms with Crippen LogP contribution in [0.2, 0.25) is 0 Å². The molecule has 4 rings (SSSR count). The van der Waals surface area contributed by atoms with Gasteiger partial charge in [0, 0.05) is 36.4 Å². The predicted octanol–water partition coefficient (Wildman–Crippen LogP) is 3.16. The summed E-state index contributed by atoms with van der Waals surface area (Å²) in [6, 6.07) is 19.2. The van der Waals surface area contributed by atoms with Gasteiger partial charge in [-0.2, -0.15) is 0 Å². The molecule has 0 saturated heterocycles. The van der Waals surface area contributed by atoms with E-state index in [2.05, 4.69) is 20.6 Å².